The Labute approximate surface area is 117 Å². The van der Waals surface area contributed by atoms with Crippen molar-refractivity contribution in [3.63, 3.8) is 0 Å². The van der Waals surface area contributed by atoms with E-state index in [2.05, 4.69) is 15.4 Å². The second-order valence-electron chi connectivity index (χ2n) is 4.27. The Kier molecular flexibility index (Phi) is 4.86. The molecule has 0 aliphatic carbocycles. The number of nitrogens with zero attached hydrogens (tertiary/aromatic N) is 2. The number of nitrogens with two attached hydrogens (primary N) is 1. The highest BCUT2D eigenvalue weighted by atomic mass is 16.5. The molecule has 6 heteroatoms. The molecule has 0 amide bonds. The number of rotatable bonds is 6. The smallest absolute Gasteiger partial charge is 0.144 e. The van der Waals surface area contributed by atoms with Crippen molar-refractivity contribution in [2.75, 3.05) is 19.6 Å². The van der Waals surface area contributed by atoms with Gasteiger partial charge in [-0.3, -0.25) is 0 Å². The number of aromatic nitrogens is 2. The molecule has 0 fully saturated rings. The van der Waals surface area contributed by atoms with Crippen LogP contribution in [0.5, 0.6) is 5.75 Å². The standard InChI is InChI=1S/C14H18N4O2/c1-19-9-11-8-14(18-15)17-13(16-11)7-10-4-3-5-12(6-10)20-2/h3-6,8H,7,9,15H2,1-2H3,(H,16,17,18). The molecule has 2 aromatic rings. The molecule has 0 unspecified atom stereocenters. The van der Waals surface area contributed by atoms with E-state index in [1.807, 2.05) is 24.3 Å². The van der Waals surface area contributed by atoms with Crippen LogP contribution in [-0.4, -0.2) is 24.2 Å². The molecule has 3 N–H and O–H groups in total. The highest BCUT2D eigenvalue weighted by molar-refractivity contribution is 5.36. The summed E-state index contributed by atoms with van der Waals surface area (Å²) in [6, 6.07) is 9.57. The van der Waals surface area contributed by atoms with Crippen LogP contribution in [0.4, 0.5) is 5.82 Å². The molecule has 0 atom stereocenters. The fourth-order valence-corrected chi connectivity index (χ4v) is 1.89. The van der Waals surface area contributed by atoms with Crippen molar-refractivity contribution in [3.05, 3.63) is 47.4 Å². The summed E-state index contributed by atoms with van der Waals surface area (Å²) in [5, 5.41) is 0. The number of nitrogen functional groups attached to an aromatic ring is 1. The molecule has 0 radical (unpaired) electrons. The highest BCUT2D eigenvalue weighted by Gasteiger charge is 2.06. The van der Waals surface area contributed by atoms with Gasteiger partial charge in [-0.2, -0.15) is 0 Å². The van der Waals surface area contributed by atoms with Gasteiger partial charge in [0, 0.05) is 19.6 Å². The Morgan fingerprint density at radius 2 is 2.05 bits per heavy atom. The number of hydrazine groups is 1. The average molecular weight is 274 g/mol. The molecule has 1 aromatic heterocycles. The molecule has 20 heavy (non-hydrogen) atoms. The van der Waals surface area contributed by atoms with Gasteiger partial charge in [0.1, 0.15) is 17.4 Å². The predicted molar refractivity (Wildman–Crippen MR) is 76.4 cm³/mol. The van der Waals surface area contributed by atoms with E-state index < -0.39 is 0 Å². The summed E-state index contributed by atoms with van der Waals surface area (Å²) in [7, 11) is 3.27. The maximum absolute atomic E-state index is 5.42. The molecule has 0 saturated heterocycles. The Morgan fingerprint density at radius 1 is 1.20 bits per heavy atom. The van der Waals surface area contributed by atoms with Gasteiger partial charge in [0.2, 0.25) is 0 Å². The van der Waals surface area contributed by atoms with E-state index in [0.29, 0.717) is 24.7 Å². The molecule has 1 aromatic carbocycles. The molecule has 0 saturated carbocycles. The van der Waals surface area contributed by atoms with E-state index in [4.69, 9.17) is 15.3 Å². The van der Waals surface area contributed by atoms with E-state index in [-0.39, 0.29) is 0 Å². The minimum atomic E-state index is 0.419. The third kappa shape index (κ3) is 3.66. The van der Waals surface area contributed by atoms with Gasteiger partial charge in [0.25, 0.3) is 0 Å². The van der Waals surface area contributed by atoms with Crippen LogP contribution in [0.3, 0.4) is 0 Å². The molecular weight excluding hydrogens is 256 g/mol. The summed E-state index contributed by atoms with van der Waals surface area (Å²) in [5.74, 6) is 7.49. The van der Waals surface area contributed by atoms with Crippen molar-refractivity contribution in [2.45, 2.75) is 13.0 Å². The zero-order valence-corrected chi connectivity index (χ0v) is 11.6. The first-order valence-corrected chi connectivity index (χ1v) is 6.20. The lowest BCUT2D eigenvalue weighted by atomic mass is 10.1. The Balaban J connectivity index is 2.24. The van der Waals surface area contributed by atoms with Crippen LogP contribution in [0.15, 0.2) is 30.3 Å². The van der Waals surface area contributed by atoms with Gasteiger partial charge < -0.3 is 14.9 Å². The SMILES string of the molecule is COCc1cc(NN)nc(Cc2cccc(OC)c2)n1. The first-order valence-electron chi connectivity index (χ1n) is 6.20. The number of anilines is 1. The van der Waals surface area contributed by atoms with Crippen molar-refractivity contribution in [3.8, 4) is 5.75 Å². The monoisotopic (exact) mass is 274 g/mol. The van der Waals surface area contributed by atoms with Crippen LogP contribution < -0.4 is 16.0 Å². The van der Waals surface area contributed by atoms with Crippen molar-refractivity contribution < 1.29 is 9.47 Å². The summed E-state index contributed by atoms with van der Waals surface area (Å²) in [6.45, 7) is 0.419. The van der Waals surface area contributed by atoms with E-state index in [9.17, 15) is 0 Å². The van der Waals surface area contributed by atoms with E-state index in [1.165, 1.54) is 0 Å². The molecule has 0 bridgehead atoms. The quantitative estimate of drug-likeness (QED) is 0.613. The fraction of sp³-hybridized carbons (Fsp3) is 0.286. The lowest BCUT2D eigenvalue weighted by Gasteiger charge is -2.08. The molecular formula is C14H18N4O2. The van der Waals surface area contributed by atoms with Crippen LogP contribution in [0.2, 0.25) is 0 Å². The topological polar surface area (TPSA) is 82.3 Å². The van der Waals surface area contributed by atoms with Crippen molar-refractivity contribution in [2.24, 2.45) is 5.84 Å². The number of hydrogen-bond acceptors (Lipinski definition) is 6. The van der Waals surface area contributed by atoms with E-state index in [0.717, 1.165) is 17.0 Å². The van der Waals surface area contributed by atoms with Gasteiger partial charge in [-0.05, 0) is 17.7 Å². The van der Waals surface area contributed by atoms with Gasteiger partial charge >= 0.3 is 0 Å². The third-order valence-electron chi connectivity index (χ3n) is 2.76. The normalized spacial score (nSPS) is 10.3. The Morgan fingerprint density at radius 3 is 2.75 bits per heavy atom. The van der Waals surface area contributed by atoms with Gasteiger partial charge in [-0.15, -0.1) is 0 Å². The molecule has 106 valence electrons. The summed E-state index contributed by atoms with van der Waals surface area (Å²) in [5.41, 5.74) is 4.40. The van der Waals surface area contributed by atoms with E-state index in [1.54, 1.807) is 20.3 Å². The van der Waals surface area contributed by atoms with Crippen molar-refractivity contribution in [1.82, 2.24) is 9.97 Å². The summed E-state index contributed by atoms with van der Waals surface area (Å²) < 4.78 is 10.3. The number of methoxy groups -OCH3 is 2. The van der Waals surface area contributed by atoms with Crippen molar-refractivity contribution in [1.29, 1.82) is 0 Å². The Hall–Kier alpha value is -2.18. The summed E-state index contributed by atoms with van der Waals surface area (Å²) in [6.07, 6.45) is 0.601. The number of hydrogen-bond donors (Lipinski definition) is 2. The maximum atomic E-state index is 5.42. The first kappa shape index (κ1) is 14.2. The average Bonchev–Trinajstić information content (AvgIpc) is 2.47. The minimum absolute atomic E-state index is 0.419. The molecule has 2 rings (SSSR count). The summed E-state index contributed by atoms with van der Waals surface area (Å²) >= 11 is 0. The molecule has 6 nitrogen and oxygen atoms in total. The van der Waals surface area contributed by atoms with Crippen LogP contribution in [0.1, 0.15) is 17.1 Å². The van der Waals surface area contributed by atoms with Crippen LogP contribution in [-0.2, 0) is 17.8 Å². The number of nitrogens with one attached hydrogen (secondary N) is 1. The molecule has 0 spiro atoms. The first-order chi connectivity index (χ1) is 9.75. The van der Waals surface area contributed by atoms with Gasteiger partial charge in [-0.25, -0.2) is 15.8 Å². The Bertz CT molecular complexity index is 575. The second-order valence-corrected chi connectivity index (χ2v) is 4.27. The number of ether oxygens (including phenoxy) is 2. The van der Waals surface area contributed by atoms with Crippen LogP contribution >= 0.6 is 0 Å². The minimum Gasteiger partial charge on any atom is -0.497 e. The zero-order chi connectivity index (χ0) is 14.4. The zero-order valence-electron chi connectivity index (χ0n) is 11.6. The van der Waals surface area contributed by atoms with Gasteiger partial charge in [0.05, 0.1) is 19.4 Å². The predicted octanol–water partition coefficient (Wildman–Crippen LogP) is 1.51. The summed E-state index contributed by atoms with van der Waals surface area (Å²) in [4.78, 5) is 8.79. The highest BCUT2D eigenvalue weighted by Crippen LogP contribution is 2.16. The van der Waals surface area contributed by atoms with Crippen LogP contribution in [0.25, 0.3) is 0 Å². The third-order valence-corrected chi connectivity index (χ3v) is 2.76. The fourth-order valence-electron chi connectivity index (χ4n) is 1.89. The number of benzene rings is 1. The lowest BCUT2D eigenvalue weighted by Crippen LogP contribution is -2.12. The lowest BCUT2D eigenvalue weighted by molar-refractivity contribution is 0.181. The van der Waals surface area contributed by atoms with Gasteiger partial charge in [-0.1, -0.05) is 12.1 Å². The largest absolute Gasteiger partial charge is 0.497 e. The second kappa shape index (κ2) is 6.83. The molecule has 1 heterocycles. The van der Waals surface area contributed by atoms with Gasteiger partial charge in [0.15, 0.2) is 0 Å². The van der Waals surface area contributed by atoms with Crippen LogP contribution in [0, 0.1) is 0 Å². The molecule has 0 aliphatic heterocycles. The van der Waals surface area contributed by atoms with Crippen molar-refractivity contribution >= 4 is 5.82 Å². The molecule has 0 aliphatic rings. The van der Waals surface area contributed by atoms with E-state index >= 15 is 0 Å². The maximum Gasteiger partial charge on any atom is 0.144 e.